The highest BCUT2D eigenvalue weighted by Crippen LogP contribution is 2.15. The van der Waals surface area contributed by atoms with E-state index in [0.29, 0.717) is 11.9 Å². The van der Waals surface area contributed by atoms with Gasteiger partial charge in [-0.15, -0.1) is 0 Å². The Labute approximate surface area is 119 Å². The molecule has 1 aromatic carbocycles. The van der Waals surface area contributed by atoms with Crippen LogP contribution in [-0.4, -0.2) is 36.1 Å². The highest BCUT2D eigenvalue weighted by molar-refractivity contribution is 5.42. The van der Waals surface area contributed by atoms with Crippen LogP contribution in [0.2, 0.25) is 0 Å². The standard InChI is InChI=1S/C14H20N6/c1-10-5-7-11(8-6-10)9-20(4)14-17-12(15)16-13(18-14)19(2)3/h5-8H,9H2,1-4H3,(H2,15,16,17,18). The minimum absolute atomic E-state index is 0.231. The van der Waals surface area contributed by atoms with Gasteiger partial charge in [-0.1, -0.05) is 29.8 Å². The molecule has 0 radical (unpaired) electrons. The summed E-state index contributed by atoms with van der Waals surface area (Å²) in [5.74, 6) is 1.36. The molecule has 106 valence electrons. The van der Waals surface area contributed by atoms with Gasteiger partial charge in [0.1, 0.15) is 0 Å². The van der Waals surface area contributed by atoms with Crippen molar-refractivity contribution in [2.75, 3.05) is 36.7 Å². The maximum atomic E-state index is 5.73. The Balaban J connectivity index is 2.20. The van der Waals surface area contributed by atoms with Gasteiger partial charge in [0, 0.05) is 27.7 Å². The van der Waals surface area contributed by atoms with E-state index in [1.54, 1.807) is 4.90 Å². The Kier molecular flexibility index (Phi) is 4.02. The number of aryl methyl sites for hydroxylation is 1. The maximum Gasteiger partial charge on any atom is 0.231 e. The molecule has 6 nitrogen and oxygen atoms in total. The largest absolute Gasteiger partial charge is 0.368 e. The molecule has 0 atom stereocenters. The normalized spacial score (nSPS) is 10.4. The molecule has 0 aliphatic heterocycles. The summed E-state index contributed by atoms with van der Waals surface area (Å²) in [6.45, 7) is 2.79. The molecule has 0 fully saturated rings. The van der Waals surface area contributed by atoms with Crippen molar-refractivity contribution in [2.45, 2.75) is 13.5 Å². The monoisotopic (exact) mass is 272 g/mol. The number of rotatable bonds is 4. The predicted molar refractivity (Wildman–Crippen MR) is 81.9 cm³/mol. The van der Waals surface area contributed by atoms with Gasteiger partial charge in [-0.25, -0.2) is 0 Å². The molecule has 6 heteroatoms. The second-order valence-corrected chi connectivity index (χ2v) is 5.03. The van der Waals surface area contributed by atoms with E-state index in [4.69, 9.17) is 5.73 Å². The van der Waals surface area contributed by atoms with Crippen LogP contribution in [0.3, 0.4) is 0 Å². The van der Waals surface area contributed by atoms with Crippen LogP contribution >= 0.6 is 0 Å². The molecule has 1 heterocycles. The lowest BCUT2D eigenvalue weighted by Crippen LogP contribution is -2.22. The smallest absolute Gasteiger partial charge is 0.231 e. The third-order valence-corrected chi connectivity index (χ3v) is 2.91. The molecule has 0 aliphatic rings. The number of hydrogen-bond acceptors (Lipinski definition) is 6. The highest BCUT2D eigenvalue weighted by atomic mass is 15.3. The van der Waals surface area contributed by atoms with Crippen LogP contribution in [0.1, 0.15) is 11.1 Å². The van der Waals surface area contributed by atoms with Gasteiger partial charge < -0.3 is 15.5 Å². The summed E-state index contributed by atoms with van der Waals surface area (Å²) in [5.41, 5.74) is 8.18. The van der Waals surface area contributed by atoms with Crippen molar-refractivity contribution in [1.29, 1.82) is 0 Å². The average Bonchev–Trinajstić information content (AvgIpc) is 2.40. The highest BCUT2D eigenvalue weighted by Gasteiger charge is 2.10. The molecule has 0 unspecified atom stereocenters. The van der Waals surface area contributed by atoms with Gasteiger partial charge in [0.25, 0.3) is 0 Å². The van der Waals surface area contributed by atoms with E-state index >= 15 is 0 Å². The van der Waals surface area contributed by atoms with E-state index in [-0.39, 0.29) is 5.95 Å². The van der Waals surface area contributed by atoms with Crippen molar-refractivity contribution >= 4 is 17.8 Å². The van der Waals surface area contributed by atoms with E-state index in [0.717, 1.165) is 6.54 Å². The number of hydrogen-bond donors (Lipinski definition) is 1. The minimum Gasteiger partial charge on any atom is -0.368 e. The summed E-state index contributed by atoms with van der Waals surface area (Å²) in [7, 11) is 5.69. The molecular formula is C14H20N6. The van der Waals surface area contributed by atoms with Crippen molar-refractivity contribution < 1.29 is 0 Å². The van der Waals surface area contributed by atoms with Gasteiger partial charge >= 0.3 is 0 Å². The molecule has 0 saturated carbocycles. The fraction of sp³-hybridized carbons (Fsp3) is 0.357. The molecule has 1 aromatic heterocycles. The predicted octanol–water partition coefficient (Wildman–Crippen LogP) is 1.46. The molecule has 2 N–H and O–H groups in total. The van der Waals surface area contributed by atoms with Crippen LogP contribution in [0.4, 0.5) is 17.8 Å². The van der Waals surface area contributed by atoms with Crippen LogP contribution in [0.5, 0.6) is 0 Å². The van der Waals surface area contributed by atoms with Gasteiger partial charge in [0.05, 0.1) is 0 Å². The minimum atomic E-state index is 0.231. The van der Waals surface area contributed by atoms with E-state index in [1.165, 1.54) is 11.1 Å². The molecule has 0 saturated heterocycles. The molecule has 2 aromatic rings. The second-order valence-electron chi connectivity index (χ2n) is 5.03. The Hall–Kier alpha value is -2.37. The third kappa shape index (κ3) is 3.34. The van der Waals surface area contributed by atoms with Crippen LogP contribution in [0, 0.1) is 6.92 Å². The van der Waals surface area contributed by atoms with Crippen LogP contribution in [0.15, 0.2) is 24.3 Å². The number of nitrogens with two attached hydrogens (primary N) is 1. The van der Waals surface area contributed by atoms with Crippen molar-refractivity contribution in [3.63, 3.8) is 0 Å². The summed E-state index contributed by atoms with van der Waals surface area (Å²) >= 11 is 0. The topological polar surface area (TPSA) is 71.2 Å². The summed E-state index contributed by atoms with van der Waals surface area (Å²) in [6, 6.07) is 8.39. The van der Waals surface area contributed by atoms with Gasteiger partial charge in [0.15, 0.2) is 0 Å². The fourth-order valence-electron chi connectivity index (χ4n) is 1.78. The summed E-state index contributed by atoms with van der Waals surface area (Å²) in [4.78, 5) is 16.4. The lowest BCUT2D eigenvalue weighted by Gasteiger charge is -2.19. The molecule has 0 amide bonds. The van der Waals surface area contributed by atoms with Crippen molar-refractivity contribution in [3.8, 4) is 0 Å². The number of anilines is 3. The van der Waals surface area contributed by atoms with E-state index in [1.807, 2.05) is 26.0 Å². The van der Waals surface area contributed by atoms with Crippen molar-refractivity contribution in [2.24, 2.45) is 0 Å². The van der Waals surface area contributed by atoms with E-state index < -0.39 is 0 Å². The molecule has 20 heavy (non-hydrogen) atoms. The second kappa shape index (κ2) is 5.73. The van der Waals surface area contributed by atoms with Crippen LogP contribution < -0.4 is 15.5 Å². The first-order valence-corrected chi connectivity index (χ1v) is 6.41. The summed E-state index contributed by atoms with van der Waals surface area (Å²) in [5, 5.41) is 0. The first kappa shape index (κ1) is 14.0. The molecular weight excluding hydrogens is 252 g/mol. The summed E-state index contributed by atoms with van der Waals surface area (Å²) in [6.07, 6.45) is 0. The van der Waals surface area contributed by atoms with Gasteiger partial charge in [-0.3, -0.25) is 0 Å². The lowest BCUT2D eigenvalue weighted by molar-refractivity contribution is 0.846. The van der Waals surface area contributed by atoms with Crippen molar-refractivity contribution in [3.05, 3.63) is 35.4 Å². The van der Waals surface area contributed by atoms with Crippen LogP contribution in [0.25, 0.3) is 0 Å². The Morgan fingerprint density at radius 3 is 2.15 bits per heavy atom. The first-order chi connectivity index (χ1) is 9.45. The number of aromatic nitrogens is 3. The van der Waals surface area contributed by atoms with E-state index in [2.05, 4.69) is 46.1 Å². The Morgan fingerprint density at radius 2 is 1.55 bits per heavy atom. The number of nitrogen functional groups attached to an aromatic ring is 1. The van der Waals surface area contributed by atoms with Gasteiger partial charge in [-0.05, 0) is 12.5 Å². The lowest BCUT2D eigenvalue weighted by atomic mass is 10.1. The molecule has 2 rings (SSSR count). The summed E-state index contributed by atoms with van der Waals surface area (Å²) < 4.78 is 0. The number of benzene rings is 1. The van der Waals surface area contributed by atoms with Gasteiger partial charge in [0.2, 0.25) is 17.8 Å². The first-order valence-electron chi connectivity index (χ1n) is 6.41. The zero-order valence-corrected chi connectivity index (χ0v) is 12.3. The SMILES string of the molecule is Cc1ccc(CN(C)c2nc(N)nc(N(C)C)n2)cc1. The molecule has 0 spiro atoms. The quantitative estimate of drug-likeness (QED) is 0.908. The number of nitrogens with zero attached hydrogens (tertiary/aromatic N) is 5. The molecule has 0 aliphatic carbocycles. The average molecular weight is 272 g/mol. The maximum absolute atomic E-state index is 5.73. The zero-order chi connectivity index (χ0) is 14.7. The van der Waals surface area contributed by atoms with Crippen molar-refractivity contribution in [1.82, 2.24) is 15.0 Å². The van der Waals surface area contributed by atoms with Gasteiger partial charge in [-0.2, -0.15) is 15.0 Å². The third-order valence-electron chi connectivity index (χ3n) is 2.91. The Bertz CT molecular complexity index is 579. The van der Waals surface area contributed by atoms with E-state index in [9.17, 15) is 0 Å². The zero-order valence-electron chi connectivity index (χ0n) is 12.3. The fourth-order valence-corrected chi connectivity index (χ4v) is 1.78. The molecule has 0 bridgehead atoms. The van der Waals surface area contributed by atoms with Crippen LogP contribution in [-0.2, 0) is 6.54 Å². The Morgan fingerprint density at radius 1 is 0.950 bits per heavy atom.